The maximum Gasteiger partial charge on any atom is 0.473 e. The van der Waals surface area contributed by atoms with E-state index in [4.69, 9.17) is 35.5 Å². The molecular formula is C36H50F3N9O7. The van der Waals surface area contributed by atoms with Crippen LogP contribution in [-0.4, -0.2) is 74.5 Å². The lowest BCUT2D eigenvalue weighted by molar-refractivity contribution is -0.169. The first kappa shape index (κ1) is 45.3. The quantitative estimate of drug-likeness (QED) is 0.0470. The first-order valence-corrected chi connectivity index (χ1v) is 17.2. The van der Waals surface area contributed by atoms with Gasteiger partial charge in [0.25, 0.3) is 0 Å². The summed E-state index contributed by atoms with van der Waals surface area (Å²) in [4.78, 5) is 43.1. The van der Waals surface area contributed by atoms with Crippen LogP contribution in [0.3, 0.4) is 0 Å². The molecule has 6 N–H and O–H groups in total. The molecule has 0 aliphatic heterocycles. The molecule has 302 valence electrons. The van der Waals surface area contributed by atoms with Gasteiger partial charge in [-0.2, -0.15) is 18.2 Å². The number of hydrogen-bond donors (Lipinski definition) is 5. The number of nitrogens with two attached hydrogens (primary N) is 1. The van der Waals surface area contributed by atoms with E-state index in [-0.39, 0.29) is 60.8 Å². The molecule has 2 heterocycles. The number of pyridine rings is 1. The number of unbranched alkanes of at least 4 members (excludes halogenated alkanes) is 2. The molecule has 0 bridgehead atoms. The Hall–Kier alpha value is -5.88. The summed E-state index contributed by atoms with van der Waals surface area (Å²) in [5.74, 6) is -2.21. The van der Waals surface area contributed by atoms with Crippen LogP contribution in [0.15, 0.2) is 72.0 Å². The number of rotatable bonds is 16. The average Bonchev–Trinajstić information content (AvgIpc) is 3.43. The Kier molecular flexibility index (Phi) is 16.9. The Balaban J connectivity index is 1.88. The number of allylic oxidation sites excluding steroid dienone is 1. The fourth-order valence-corrected chi connectivity index (χ4v) is 4.26. The van der Waals surface area contributed by atoms with Gasteiger partial charge in [0, 0.05) is 55.1 Å². The highest BCUT2D eigenvalue weighted by Crippen LogP contribution is 2.16. The van der Waals surface area contributed by atoms with Crippen LogP contribution in [0.1, 0.15) is 72.8 Å². The molecule has 0 saturated heterocycles. The molecular weight excluding hydrogens is 727 g/mol. The molecule has 0 atom stereocenters. The van der Waals surface area contributed by atoms with E-state index in [1.54, 1.807) is 60.0 Å². The van der Waals surface area contributed by atoms with Gasteiger partial charge in [-0.25, -0.2) is 14.6 Å². The van der Waals surface area contributed by atoms with Gasteiger partial charge in [-0.15, -0.1) is 0 Å². The van der Waals surface area contributed by atoms with Crippen molar-refractivity contribution in [3.63, 3.8) is 0 Å². The largest absolute Gasteiger partial charge is 0.494 e. The predicted octanol–water partition coefficient (Wildman–Crippen LogP) is 5.59. The van der Waals surface area contributed by atoms with Gasteiger partial charge in [-0.1, -0.05) is 6.58 Å². The van der Waals surface area contributed by atoms with Crippen LogP contribution in [-0.2, 0) is 32.1 Å². The van der Waals surface area contributed by atoms with Crippen molar-refractivity contribution in [2.45, 2.75) is 97.7 Å². The number of amides is 3. The van der Waals surface area contributed by atoms with Crippen LogP contribution in [0.2, 0.25) is 0 Å². The number of aryl methyl sites for hydroxylation is 2. The summed E-state index contributed by atoms with van der Waals surface area (Å²) in [6.45, 7) is 14.9. The molecule has 2 rings (SSSR count). The zero-order valence-electron chi connectivity index (χ0n) is 31.8. The second kappa shape index (κ2) is 20.5. The Morgan fingerprint density at radius 2 is 1.45 bits per heavy atom. The van der Waals surface area contributed by atoms with Gasteiger partial charge >= 0.3 is 24.3 Å². The molecule has 0 aliphatic carbocycles. The summed E-state index contributed by atoms with van der Waals surface area (Å²) in [6.07, 6.45) is 3.63. The average molecular weight is 778 g/mol. The van der Waals surface area contributed by atoms with E-state index < -0.39 is 35.5 Å². The van der Waals surface area contributed by atoms with Crippen LogP contribution in [0, 0.1) is 10.8 Å². The highest BCUT2D eigenvalue weighted by molar-refractivity contribution is 6.06. The summed E-state index contributed by atoms with van der Waals surface area (Å²) in [7, 11) is 0. The van der Waals surface area contributed by atoms with Gasteiger partial charge in [0.1, 0.15) is 28.6 Å². The van der Waals surface area contributed by atoms with Crippen LogP contribution in [0.4, 0.5) is 22.8 Å². The van der Waals surface area contributed by atoms with Crippen molar-refractivity contribution in [1.82, 2.24) is 24.8 Å². The predicted molar refractivity (Wildman–Crippen MR) is 197 cm³/mol. The molecule has 0 fully saturated rings. The van der Waals surface area contributed by atoms with Crippen LogP contribution < -0.4 is 26.7 Å². The van der Waals surface area contributed by atoms with Crippen LogP contribution in [0.5, 0.6) is 5.88 Å². The summed E-state index contributed by atoms with van der Waals surface area (Å²) in [5, 5.41) is 20.7. The van der Waals surface area contributed by atoms with Crippen molar-refractivity contribution in [2.75, 3.05) is 13.2 Å². The Morgan fingerprint density at radius 3 is 1.96 bits per heavy atom. The SMILES string of the molecule is C=C(/C=C\C(=C/N)C(=N)NC(=O)OC(C)(C)C)OCCCCn1ccn(CCCCOc2ccc(C(=N)NC(=O)OC(C)(C)C)cn2)c1=NC(=O)C(F)(F)F. The maximum atomic E-state index is 13.1. The fourth-order valence-electron chi connectivity index (χ4n) is 4.26. The van der Waals surface area contributed by atoms with E-state index in [0.29, 0.717) is 31.2 Å². The smallest absolute Gasteiger partial charge is 0.473 e. The van der Waals surface area contributed by atoms with Gasteiger partial charge in [-0.3, -0.25) is 26.2 Å². The fraction of sp³-hybridized carbons (Fsp3) is 0.472. The Morgan fingerprint density at radius 1 is 0.891 bits per heavy atom. The molecule has 16 nitrogen and oxygen atoms in total. The lowest BCUT2D eigenvalue weighted by atomic mass is 10.2. The van der Waals surface area contributed by atoms with E-state index in [9.17, 15) is 27.6 Å². The second-order valence-electron chi connectivity index (χ2n) is 13.8. The Labute approximate surface area is 317 Å². The number of halogens is 3. The topological polar surface area (TPSA) is 221 Å². The highest BCUT2D eigenvalue weighted by Gasteiger charge is 2.38. The number of carbonyl (C=O) groups excluding carboxylic acids is 3. The molecule has 0 spiro atoms. The van der Waals surface area contributed by atoms with E-state index in [1.165, 1.54) is 33.5 Å². The summed E-state index contributed by atoms with van der Waals surface area (Å²) < 4.78 is 63.8. The van der Waals surface area contributed by atoms with Crippen molar-refractivity contribution < 1.29 is 46.5 Å². The number of alkyl halides is 3. The molecule has 19 heteroatoms. The number of ether oxygens (including phenoxy) is 4. The van der Waals surface area contributed by atoms with Crippen molar-refractivity contribution in [3.8, 4) is 5.88 Å². The van der Waals surface area contributed by atoms with E-state index in [2.05, 4.69) is 27.2 Å². The molecule has 0 aliphatic rings. The van der Waals surface area contributed by atoms with Gasteiger partial charge < -0.3 is 33.8 Å². The zero-order chi connectivity index (χ0) is 41.4. The van der Waals surface area contributed by atoms with E-state index in [0.717, 1.165) is 6.20 Å². The zero-order valence-corrected chi connectivity index (χ0v) is 31.8. The van der Waals surface area contributed by atoms with Crippen LogP contribution in [0.25, 0.3) is 0 Å². The lowest BCUT2D eigenvalue weighted by Gasteiger charge is -2.19. The lowest BCUT2D eigenvalue weighted by Crippen LogP contribution is -2.36. The summed E-state index contributed by atoms with van der Waals surface area (Å²) >= 11 is 0. The third-order valence-electron chi connectivity index (χ3n) is 6.70. The van der Waals surface area contributed by atoms with Crippen molar-refractivity contribution in [2.24, 2.45) is 10.7 Å². The number of nitrogens with one attached hydrogen (secondary N) is 4. The normalized spacial score (nSPS) is 12.6. The molecule has 3 amide bonds. The van der Waals surface area contributed by atoms with Gasteiger partial charge in [0.05, 0.1) is 13.2 Å². The number of imidazole rings is 1. The summed E-state index contributed by atoms with van der Waals surface area (Å²) in [5.41, 5.74) is 4.47. The molecule has 0 radical (unpaired) electrons. The number of amidine groups is 2. The number of nitrogens with zero attached hydrogens (tertiary/aromatic N) is 4. The number of aromatic nitrogens is 3. The minimum Gasteiger partial charge on any atom is -0.494 e. The molecule has 55 heavy (non-hydrogen) atoms. The third-order valence-corrected chi connectivity index (χ3v) is 6.70. The maximum absolute atomic E-state index is 13.1. The molecule has 2 aromatic rings. The third kappa shape index (κ3) is 17.7. The van der Waals surface area contributed by atoms with Crippen molar-refractivity contribution in [3.05, 3.63) is 78.2 Å². The summed E-state index contributed by atoms with van der Waals surface area (Å²) in [6, 6.07) is 3.08. The van der Waals surface area contributed by atoms with Crippen molar-refractivity contribution >= 4 is 29.8 Å². The minimum absolute atomic E-state index is 0.153. The monoisotopic (exact) mass is 777 g/mol. The first-order valence-electron chi connectivity index (χ1n) is 17.2. The van der Waals surface area contributed by atoms with Gasteiger partial charge in [-0.05, 0) is 85.4 Å². The number of carbonyl (C=O) groups is 3. The van der Waals surface area contributed by atoms with Crippen LogP contribution >= 0.6 is 0 Å². The molecule has 0 unspecified atom stereocenters. The van der Waals surface area contributed by atoms with E-state index >= 15 is 0 Å². The molecule has 2 aromatic heterocycles. The number of alkyl carbamates (subject to hydrolysis) is 2. The minimum atomic E-state index is -5.14. The standard InChI is InChI=1S/C36H50F3N9O7/c1-24(12-13-25(22-40)28(41)44-32(50)54-34(2,3)4)52-20-10-8-16-47-18-19-48(31(47)46-30(49)36(37,38)39)17-9-11-21-53-27-15-14-26(23-43-27)29(42)45-33(51)55-35(5,6)7/h12-15,18-19,22-23H,1,8-11,16-17,20-21,40H2,2-7H3,(H2,41,44,50)(H2,42,45,51)/b13-12-,25-22+,46-31?. The molecule has 0 aromatic carbocycles. The molecule has 0 saturated carbocycles. The highest BCUT2D eigenvalue weighted by atomic mass is 19.4. The van der Waals surface area contributed by atoms with Crippen molar-refractivity contribution in [1.29, 1.82) is 10.8 Å². The van der Waals surface area contributed by atoms with Gasteiger partial charge in [0.15, 0.2) is 0 Å². The van der Waals surface area contributed by atoms with E-state index in [1.807, 2.05) is 0 Å². The number of hydrogen-bond acceptors (Lipinski definition) is 11. The van der Waals surface area contributed by atoms with Gasteiger partial charge in [0.2, 0.25) is 11.5 Å². The first-order chi connectivity index (χ1) is 25.6. The second-order valence-corrected chi connectivity index (χ2v) is 13.8. The Bertz CT molecular complexity index is 1800.